The van der Waals surface area contributed by atoms with Gasteiger partial charge in [0.2, 0.25) is 0 Å². The molecule has 2 heterocycles. The molecular weight excluding hydrogens is 380 g/mol. The highest BCUT2D eigenvalue weighted by molar-refractivity contribution is 6.22. The Morgan fingerprint density at radius 3 is 1.13 bits per heavy atom. The largest absolute Gasteiger partial charge is 0.270 e. The first-order valence-electron chi connectivity index (χ1n) is 9.53. The summed E-state index contributed by atoms with van der Waals surface area (Å²) in [6, 6.07) is 20.8. The van der Waals surface area contributed by atoms with E-state index in [1.807, 2.05) is 18.2 Å². The van der Waals surface area contributed by atoms with Crippen LogP contribution in [0.2, 0.25) is 0 Å². The Bertz CT molecular complexity index is 1080. The van der Waals surface area contributed by atoms with Gasteiger partial charge < -0.3 is 0 Å². The summed E-state index contributed by atoms with van der Waals surface area (Å²) >= 11 is 0. The molecule has 3 aromatic carbocycles. The van der Waals surface area contributed by atoms with Crippen molar-refractivity contribution in [3.05, 3.63) is 106 Å². The van der Waals surface area contributed by atoms with Gasteiger partial charge in [0.25, 0.3) is 23.6 Å². The number of hydrogen-bond donors (Lipinski definition) is 0. The van der Waals surface area contributed by atoms with Crippen LogP contribution in [0.15, 0.2) is 72.8 Å². The highest BCUT2D eigenvalue weighted by Crippen LogP contribution is 2.26. The van der Waals surface area contributed by atoms with Gasteiger partial charge in [-0.2, -0.15) is 0 Å². The Hall–Kier alpha value is -4.06. The lowest BCUT2D eigenvalue weighted by Crippen LogP contribution is -2.30. The van der Waals surface area contributed by atoms with Gasteiger partial charge in [-0.3, -0.25) is 29.0 Å². The van der Waals surface area contributed by atoms with Gasteiger partial charge in [-0.25, -0.2) is 0 Å². The predicted octanol–water partition coefficient (Wildman–Crippen LogP) is 3.28. The number of nitrogens with zero attached hydrogens (tertiary/aromatic N) is 2. The summed E-state index contributed by atoms with van der Waals surface area (Å²) in [7, 11) is 0. The zero-order valence-corrected chi connectivity index (χ0v) is 15.9. The van der Waals surface area contributed by atoms with E-state index in [4.69, 9.17) is 0 Å². The summed E-state index contributed by atoms with van der Waals surface area (Å²) in [6.07, 6.45) is 0. The number of imide groups is 2. The second kappa shape index (κ2) is 6.77. The normalized spacial score (nSPS) is 15.1. The van der Waals surface area contributed by atoms with E-state index in [1.54, 1.807) is 54.6 Å². The number of carbonyl (C=O) groups excluding carboxylic acids is 4. The van der Waals surface area contributed by atoms with Crippen LogP contribution in [0.5, 0.6) is 0 Å². The first kappa shape index (κ1) is 18.0. The smallest absolute Gasteiger partial charge is 0.261 e. The van der Waals surface area contributed by atoms with Crippen molar-refractivity contribution in [3.63, 3.8) is 0 Å². The zero-order chi connectivity index (χ0) is 20.8. The van der Waals surface area contributed by atoms with E-state index >= 15 is 0 Å². The average molecular weight is 396 g/mol. The van der Waals surface area contributed by atoms with Gasteiger partial charge in [-0.05, 0) is 35.4 Å². The molecule has 6 nitrogen and oxygen atoms in total. The third-order valence-electron chi connectivity index (χ3n) is 5.43. The van der Waals surface area contributed by atoms with Crippen molar-refractivity contribution in [1.29, 1.82) is 0 Å². The lowest BCUT2D eigenvalue weighted by atomic mass is 10.1. The third kappa shape index (κ3) is 2.73. The van der Waals surface area contributed by atoms with Crippen LogP contribution in [0.4, 0.5) is 0 Å². The summed E-state index contributed by atoms with van der Waals surface area (Å²) < 4.78 is 0. The van der Waals surface area contributed by atoms with E-state index in [0.29, 0.717) is 22.3 Å². The molecule has 0 radical (unpaired) electrons. The standard InChI is InChI=1S/C24H16N2O4/c27-21-17-8-1-2-9-18(17)22(28)25(21)13-15-6-5-7-16(12-15)14-26-23(29)19-10-3-4-11-20(19)24(26)30/h1-12H,13-14H2. The fraction of sp³-hybridized carbons (Fsp3) is 0.0833. The number of fused-ring (bicyclic) bond motifs is 2. The summed E-state index contributed by atoms with van der Waals surface area (Å²) in [5, 5.41) is 0. The fourth-order valence-corrected chi connectivity index (χ4v) is 3.96. The van der Waals surface area contributed by atoms with Crippen molar-refractivity contribution < 1.29 is 19.2 Å². The van der Waals surface area contributed by atoms with Crippen LogP contribution in [-0.2, 0) is 13.1 Å². The molecule has 146 valence electrons. The van der Waals surface area contributed by atoms with Gasteiger partial charge in [-0.15, -0.1) is 0 Å². The van der Waals surface area contributed by atoms with E-state index in [-0.39, 0.29) is 36.7 Å². The van der Waals surface area contributed by atoms with Gasteiger partial charge in [0.15, 0.2) is 0 Å². The molecule has 2 aliphatic heterocycles. The van der Waals surface area contributed by atoms with Crippen LogP contribution in [0.1, 0.15) is 52.6 Å². The Labute approximate surface area is 172 Å². The quantitative estimate of drug-likeness (QED) is 0.635. The number of benzene rings is 3. The van der Waals surface area contributed by atoms with Crippen molar-refractivity contribution in [2.45, 2.75) is 13.1 Å². The van der Waals surface area contributed by atoms with Crippen molar-refractivity contribution in [3.8, 4) is 0 Å². The minimum absolute atomic E-state index is 0.127. The zero-order valence-electron chi connectivity index (χ0n) is 15.9. The lowest BCUT2D eigenvalue weighted by Gasteiger charge is -2.17. The maximum Gasteiger partial charge on any atom is 0.261 e. The first-order valence-corrected chi connectivity index (χ1v) is 9.53. The van der Waals surface area contributed by atoms with Gasteiger partial charge in [0, 0.05) is 0 Å². The van der Waals surface area contributed by atoms with Gasteiger partial charge >= 0.3 is 0 Å². The van der Waals surface area contributed by atoms with Crippen molar-refractivity contribution in [2.75, 3.05) is 0 Å². The minimum atomic E-state index is -0.318. The lowest BCUT2D eigenvalue weighted by molar-refractivity contribution is 0.0630. The van der Waals surface area contributed by atoms with Crippen LogP contribution in [0.3, 0.4) is 0 Å². The molecule has 0 bridgehead atoms. The van der Waals surface area contributed by atoms with Crippen LogP contribution in [-0.4, -0.2) is 33.4 Å². The molecule has 0 aromatic heterocycles. The van der Waals surface area contributed by atoms with E-state index < -0.39 is 0 Å². The molecule has 0 unspecified atom stereocenters. The number of hydrogen-bond acceptors (Lipinski definition) is 4. The molecule has 5 rings (SSSR count). The maximum absolute atomic E-state index is 12.6. The SMILES string of the molecule is O=C1c2ccccc2C(=O)N1Cc1cccc(CN2C(=O)c3ccccc3C2=O)c1. The molecule has 0 atom stereocenters. The van der Waals surface area contributed by atoms with Crippen molar-refractivity contribution >= 4 is 23.6 Å². The topological polar surface area (TPSA) is 74.8 Å². The van der Waals surface area contributed by atoms with Crippen LogP contribution in [0.25, 0.3) is 0 Å². The van der Waals surface area contributed by atoms with Gasteiger partial charge in [-0.1, -0.05) is 48.5 Å². The van der Waals surface area contributed by atoms with Crippen molar-refractivity contribution in [1.82, 2.24) is 9.80 Å². The molecule has 0 saturated carbocycles. The minimum Gasteiger partial charge on any atom is -0.270 e. The maximum atomic E-state index is 12.6. The molecule has 2 aliphatic rings. The van der Waals surface area contributed by atoms with Gasteiger partial charge in [0.05, 0.1) is 35.3 Å². The van der Waals surface area contributed by atoms with E-state index in [9.17, 15) is 19.2 Å². The monoisotopic (exact) mass is 396 g/mol. The van der Waals surface area contributed by atoms with E-state index in [2.05, 4.69) is 0 Å². The summed E-state index contributed by atoms with van der Waals surface area (Å²) in [5.74, 6) is -1.27. The second-order valence-corrected chi connectivity index (χ2v) is 7.30. The highest BCUT2D eigenvalue weighted by Gasteiger charge is 2.36. The fourth-order valence-electron chi connectivity index (χ4n) is 3.96. The summed E-state index contributed by atoms with van der Waals surface area (Å²) in [6.45, 7) is 0.255. The number of amides is 4. The molecule has 0 spiro atoms. The molecule has 0 fully saturated rings. The second-order valence-electron chi connectivity index (χ2n) is 7.30. The highest BCUT2D eigenvalue weighted by atomic mass is 16.2. The van der Waals surface area contributed by atoms with Crippen molar-refractivity contribution in [2.24, 2.45) is 0 Å². The molecule has 4 amide bonds. The molecule has 0 aliphatic carbocycles. The summed E-state index contributed by atoms with van der Waals surface area (Å²) in [4.78, 5) is 52.8. The van der Waals surface area contributed by atoms with Crippen LogP contribution >= 0.6 is 0 Å². The Balaban J connectivity index is 1.36. The van der Waals surface area contributed by atoms with E-state index in [0.717, 1.165) is 11.1 Å². The summed E-state index contributed by atoms with van der Waals surface area (Å²) in [5.41, 5.74) is 3.13. The van der Waals surface area contributed by atoms with Gasteiger partial charge in [0.1, 0.15) is 0 Å². The molecular formula is C24H16N2O4. The third-order valence-corrected chi connectivity index (χ3v) is 5.43. The van der Waals surface area contributed by atoms with Crippen LogP contribution < -0.4 is 0 Å². The Morgan fingerprint density at radius 1 is 0.467 bits per heavy atom. The predicted molar refractivity (Wildman–Crippen MR) is 108 cm³/mol. The molecule has 30 heavy (non-hydrogen) atoms. The number of rotatable bonds is 4. The Morgan fingerprint density at radius 2 is 0.800 bits per heavy atom. The molecule has 0 N–H and O–H groups in total. The Kier molecular flexibility index (Phi) is 4.06. The number of carbonyl (C=O) groups is 4. The average Bonchev–Trinajstić information content (AvgIpc) is 3.15. The first-order chi connectivity index (χ1) is 14.5. The van der Waals surface area contributed by atoms with E-state index in [1.165, 1.54) is 9.80 Å². The molecule has 6 heteroatoms. The van der Waals surface area contributed by atoms with Crippen LogP contribution in [0, 0.1) is 0 Å². The molecule has 3 aromatic rings. The molecule has 0 saturated heterocycles.